The van der Waals surface area contributed by atoms with E-state index in [0.29, 0.717) is 0 Å². The molecular formula is C27H22ClFO4. The van der Waals surface area contributed by atoms with Gasteiger partial charge >= 0.3 is 11.9 Å². The molecule has 4 nitrogen and oxygen atoms in total. The summed E-state index contributed by atoms with van der Waals surface area (Å²) in [5, 5.41) is 22.1. The third kappa shape index (κ3) is 4.41. The lowest BCUT2D eigenvalue weighted by Gasteiger charge is -2.16. The van der Waals surface area contributed by atoms with Crippen LogP contribution in [-0.4, -0.2) is 22.2 Å². The molecule has 0 saturated carbocycles. The summed E-state index contributed by atoms with van der Waals surface area (Å²) < 4.78 is 13.8. The molecule has 33 heavy (non-hydrogen) atoms. The van der Waals surface area contributed by atoms with Crippen molar-refractivity contribution in [2.45, 2.75) is 32.6 Å². The number of benzene rings is 3. The van der Waals surface area contributed by atoms with E-state index in [2.05, 4.69) is 24.3 Å². The second-order valence-corrected chi connectivity index (χ2v) is 8.51. The standard InChI is InChI=1S/C18H14ClF.C9H8O4/c19-17-9-12-6-8-14-13-4-2-1-3-11(13)5-7-15(14)16(12)10-18(17)20;1-5-6(8(10)11)3-2-4-7(5)9(12)13/h3,5-7,9-10H,1-2,4,8H2;2-4H,1H3,(H,10,11)(H,12,13). The summed E-state index contributed by atoms with van der Waals surface area (Å²) in [6.45, 7) is 1.48. The molecule has 2 N–H and O–H groups in total. The molecule has 0 amide bonds. The van der Waals surface area contributed by atoms with Crippen LogP contribution in [-0.2, 0) is 12.8 Å². The number of aromatic carboxylic acids is 2. The lowest BCUT2D eigenvalue weighted by Crippen LogP contribution is -2.19. The first kappa shape index (κ1) is 22.7. The summed E-state index contributed by atoms with van der Waals surface area (Å²) >= 11 is 5.89. The molecule has 6 heteroatoms. The molecule has 2 aliphatic carbocycles. The van der Waals surface area contributed by atoms with E-state index in [1.54, 1.807) is 12.1 Å². The summed E-state index contributed by atoms with van der Waals surface area (Å²) in [6, 6.07) is 11.8. The quantitative estimate of drug-likeness (QED) is 0.580. The smallest absolute Gasteiger partial charge is 0.335 e. The van der Waals surface area contributed by atoms with Gasteiger partial charge in [-0.3, -0.25) is 0 Å². The highest BCUT2D eigenvalue weighted by atomic mass is 35.5. The molecule has 0 saturated heterocycles. The monoisotopic (exact) mass is 464 g/mol. The molecule has 3 aromatic rings. The number of rotatable bonds is 2. The van der Waals surface area contributed by atoms with Gasteiger partial charge in [-0.25, -0.2) is 14.0 Å². The van der Waals surface area contributed by atoms with Gasteiger partial charge in [0.2, 0.25) is 0 Å². The van der Waals surface area contributed by atoms with Crippen molar-refractivity contribution in [3.8, 4) is 0 Å². The molecule has 3 aromatic carbocycles. The highest BCUT2D eigenvalue weighted by Gasteiger charge is 2.14. The maximum absolute atomic E-state index is 13.8. The Balaban J connectivity index is 0.000000174. The maximum atomic E-state index is 13.8. The number of hydrogen-bond donors (Lipinski definition) is 2. The van der Waals surface area contributed by atoms with E-state index in [1.807, 2.05) is 0 Å². The van der Waals surface area contributed by atoms with Crippen LogP contribution in [0.15, 0.2) is 42.5 Å². The molecule has 0 atom stereocenters. The molecule has 0 aromatic heterocycles. The molecule has 168 valence electrons. The Bertz CT molecular complexity index is 1480. The fraction of sp³-hybridized carbons (Fsp3) is 0.185. The summed E-state index contributed by atoms with van der Waals surface area (Å²) in [4.78, 5) is 21.2. The van der Waals surface area contributed by atoms with Crippen LogP contribution >= 0.6 is 11.6 Å². The Labute approximate surface area is 194 Å². The summed E-state index contributed by atoms with van der Waals surface area (Å²) in [6.07, 6.45) is 8.91. The molecular weight excluding hydrogens is 443 g/mol. The fourth-order valence-electron chi connectivity index (χ4n) is 4.49. The number of carbonyl (C=O) groups is 2. The summed E-state index contributed by atoms with van der Waals surface area (Å²) in [7, 11) is 0. The van der Waals surface area contributed by atoms with Crippen LogP contribution in [0, 0.1) is 23.2 Å². The van der Waals surface area contributed by atoms with Crippen LogP contribution in [0.5, 0.6) is 0 Å². The van der Waals surface area contributed by atoms with Crippen molar-refractivity contribution < 1.29 is 24.2 Å². The first-order valence-corrected chi connectivity index (χ1v) is 11.0. The zero-order chi connectivity index (χ0) is 23.7. The van der Waals surface area contributed by atoms with E-state index in [0.717, 1.165) is 29.7 Å². The largest absolute Gasteiger partial charge is 0.478 e. The minimum Gasteiger partial charge on any atom is -0.478 e. The molecule has 2 aliphatic rings. The van der Waals surface area contributed by atoms with Gasteiger partial charge in [0.25, 0.3) is 0 Å². The van der Waals surface area contributed by atoms with Crippen LogP contribution in [0.3, 0.4) is 0 Å². The van der Waals surface area contributed by atoms with Crippen molar-refractivity contribution in [2.24, 2.45) is 0 Å². The van der Waals surface area contributed by atoms with Gasteiger partial charge in [-0.05, 0) is 94.4 Å². The number of hydrogen-bond acceptors (Lipinski definition) is 2. The predicted molar refractivity (Wildman–Crippen MR) is 125 cm³/mol. The van der Waals surface area contributed by atoms with Gasteiger partial charge in [0.05, 0.1) is 16.1 Å². The number of halogens is 2. The van der Waals surface area contributed by atoms with Crippen LogP contribution < -0.4 is 10.4 Å². The van der Waals surface area contributed by atoms with Gasteiger partial charge < -0.3 is 10.2 Å². The fourth-order valence-corrected chi connectivity index (χ4v) is 4.67. The molecule has 0 aliphatic heterocycles. The Kier molecular flexibility index (Phi) is 6.34. The molecule has 0 fully saturated rings. The number of carboxylic acids is 2. The molecule has 0 bridgehead atoms. The van der Waals surface area contributed by atoms with Crippen molar-refractivity contribution in [1.82, 2.24) is 0 Å². The number of fused-ring (bicyclic) bond motifs is 4. The third-order valence-electron chi connectivity index (χ3n) is 6.17. The van der Waals surface area contributed by atoms with Crippen molar-refractivity contribution in [1.29, 1.82) is 0 Å². The third-order valence-corrected chi connectivity index (χ3v) is 6.46. The molecule has 0 heterocycles. The van der Waals surface area contributed by atoms with Crippen molar-refractivity contribution in [2.75, 3.05) is 0 Å². The summed E-state index contributed by atoms with van der Waals surface area (Å²) in [5.74, 6) is -2.56. The van der Waals surface area contributed by atoms with E-state index >= 15 is 0 Å². The second-order valence-electron chi connectivity index (χ2n) is 8.11. The first-order chi connectivity index (χ1) is 15.8. The van der Waals surface area contributed by atoms with E-state index in [-0.39, 0.29) is 27.5 Å². The zero-order valence-corrected chi connectivity index (χ0v) is 18.7. The SMILES string of the molecule is Cc1c(C(=O)O)cccc1C(=O)O.Fc1cc2c(cc1Cl)=CCc1c3c(ccc1=2)=CCCC3. The van der Waals surface area contributed by atoms with Gasteiger partial charge in [-0.15, -0.1) is 0 Å². The Hall–Kier alpha value is -3.44. The predicted octanol–water partition coefficient (Wildman–Crippen LogP) is 4.61. The normalized spacial score (nSPS) is 13.2. The average Bonchev–Trinajstić information content (AvgIpc) is 2.79. The molecule has 5 rings (SSSR count). The Morgan fingerprint density at radius 1 is 0.909 bits per heavy atom. The maximum Gasteiger partial charge on any atom is 0.335 e. The van der Waals surface area contributed by atoms with Gasteiger partial charge in [0, 0.05) is 0 Å². The molecule has 0 unspecified atom stereocenters. The summed E-state index contributed by atoms with van der Waals surface area (Å²) in [5.41, 5.74) is 3.15. The lowest BCUT2D eigenvalue weighted by molar-refractivity contribution is 0.0696. The average molecular weight is 465 g/mol. The molecule has 0 spiro atoms. The topological polar surface area (TPSA) is 74.6 Å². The zero-order valence-electron chi connectivity index (χ0n) is 18.0. The molecule has 0 radical (unpaired) electrons. The van der Waals surface area contributed by atoms with Gasteiger partial charge in [-0.2, -0.15) is 0 Å². The van der Waals surface area contributed by atoms with Gasteiger partial charge in [-0.1, -0.05) is 42.0 Å². The van der Waals surface area contributed by atoms with Gasteiger partial charge in [0.1, 0.15) is 5.82 Å². The van der Waals surface area contributed by atoms with Crippen molar-refractivity contribution in [3.05, 3.63) is 102 Å². The van der Waals surface area contributed by atoms with E-state index in [9.17, 15) is 14.0 Å². The van der Waals surface area contributed by atoms with Gasteiger partial charge in [0.15, 0.2) is 0 Å². The van der Waals surface area contributed by atoms with Crippen LogP contribution in [0.25, 0.3) is 12.2 Å². The highest BCUT2D eigenvalue weighted by Crippen LogP contribution is 2.19. The highest BCUT2D eigenvalue weighted by molar-refractivity contribution is 6.30. The number of carboxylic acid groups (broad SMARTS) is 2. The van der Waals surface area contributed by atoms with Crippen LogP contribution in [0.1, 0.15) is 50.2 Å². The van der Waals surface area contributed by atoms with Crippen molar-refractivity contribution in [3.63, 3.8) is 0 Å². The second kappa shape index (κ2) is 9.20. The Morgan fingerprint density at radius 2 is 1.61 bits per heavy atom. The van der Waals surface area contributed by atoms with E-state index < -0.39 is 11.9 Å². The minimum atomic E-state index is -1.11. The Morgan fingerprint density at radius 3 is 2.27 bits per heavy atom. The first-order valence-electron chi connectivity index (χ1n) is 10.6. The van der Waals surface area contributed by atoms with Crippen molar-refractivity contribution >= 4 is 35.7 Å². The minimum absolute atomic E-state index is 0.0277. The van der Waals surface area contributed by atoms with Crippen LogP contribution in [0.2, 0.25) is 5.02 Å². The van der Waals surface area contributed by atoms with Crippen LogP contribution in [0.4, 0.5) is 4.39 Å². The van der Waals surface area contributed by atoms with E-state index in [4.69, 9.17) is 21.8 Å². The van der Waals surface area contributed by atoms with E-state index in [1.165, 1.54) is 53.1 Å². The lowest BCUT2D eigenvalue weighted by atomic mass is 9.89.